The van der Waals surface area contributed by atoms with Crippen molar-refractivity contribution < 1.29 is 44.6 Å². The molecule has 2 atom stereocenters. The molecule has 1 saturated carbocycles. The smallest absolute Gasteiger partial charge is 0.387 e. The molecule has 2 fully saturated rings. The molecule has 1 N–H and O–H groups in total. The fourth-order valence-electron chi connectivity index (χ4n) is 4.71. The second kappa shape index (κ2) is 14.8. The minimum absolute atomic E-state index is 0.0125. The molecule has 1 aliphatic carbocycles. The van der Waals surface area contributed by atoms with E-state index in [-0.39, 0.29) is 62.6 Å². The summed E-state index contributed by atoms with van der Waals surface area (Å²) in [7, 11) is -7.12. The first-order chi connectivity index (χ1) is 22.3. The summed E-state index contributed by atoms with van der Waals surface area (Å²) < 4.78 is 97.9. The molecule has 1 aromatic heterocycles. The molecule has 5 rings (SSSR count). The molecule has 1 unspecified atom stereocenters. The van der Waals surface area contributed by atoms with Crippen LogP contribution in [0.4, 0.5) is 8.78 Å². The van der Waals surface area contributed by atoms with Crippen molar-refractivity contribution >= 4 is 61.0 Å². The summed E-state index contributed by atoms with van der Waals surface area (Å²) in [5, 5.41) is -0.975. The zero-order chi connectivity index (χ0) is 33.9. The second-order valence-corrected chi connectivity index (χ2v) is 16.4. The highest BCUT2D eigenvalue weighted by molar-refractivity contribution is 8.02. The van der Waals surface area contributed by atoms with Gasteiger partial charge >= 0.3 is 12.6 Å². The molecule has 18 heteroatoms. The Morgan fingerprint density at radius 2 is 1.77 bits per heavy atom. The van der Waals surface area contributed by atoms with Crippen LogP contribution < -0.4 is 14.2 Å². The number of esters is 1. The third-order valence-electron chi connectivity index (χ3n) is 7.37. The second-order valence-electron chi connectivity index (χ2n) is 10.6. The van der Waals surface area contributed by atoms with Crippen LogP contribution in [0.2, 0.25) is 10.0 Å². The van der Waals surface area contributed by atoms with E-state index < -0.39 is 44.1 Å². The lowest BCUT2D eigenvalue weighted by molar-refractivity contribution is -0.150. The van der Waals surface area contributed by atoms with Crippen LogP contribution in [0.1, 0.15) is 30.1 Å². The number of aromatic nitrogens is 1. The number of nitrogens with zero attached hydrogens (tertiary/aromatic N) is 2. The van der Waals surface area contributed by atoms with Crippen LogP contribution in [0.5, 0.6) is 11.5 Å². The van der Waals surface area contributed by atoms with E-state index in [4.69, 9.17) is 32.7 Å². The van der Waals surface area contributed by atoms with Crippen LogP contribution in [0.25, 0.3) is 0 Å². The van der Waals surface area contributed by atoms with Crippen LogP contribution in [-0.2, 0) is 36.0 Å². The van der Waals surface area contributed by atoms with Crippen LogP contribution in [0.15, 0.2) is 64.6 Å². The van der Waals surface area contributed by atoms with Crippen molar-refractivity contribution in [1.82, 2.24) is 14.0 Å². The van der Waals surface area contributed by atoms with E-state index in [1.807, 2.05) is 0 Å². The normalized spacial score (nSPS) is 17.9. The molecule has 0 radical (unpaired) electrons. The van der Waals surface area contributed by atoms with Gasteiger partial charge in [-0.05, 0) is 67.3 Å². The molecule has 47 heavy (non-hydrogen) atoms. The number of pyridine rings is 1. The molecule has 1 aliphatic heterocycles. The molecule has 0 amide bonds. The highest BCUT2D eigenvalue weighted by atomic mass is 35.5. The van der Waals surface area contributed by atoms with E-state index >= 15 is 0 Å². The zero-order valence-electron chi connectivity index (χ0n) is 24.6. The predicted molar refractivity (Wildman–Crippen MR) is 171 cm³/mol. The monoisotopic (exact) mass is 751 g/mol. The van der Waals surface area contributed by atoms with Gasteiger partial charge in [-0.1, -0.05) is 35.3 Å². The number of carbonyl (C=O) groups is 1. The number of halogens is 4. The SMILES string of the molecule is CNS(=O)(=O)c1cccc(S(=O)(=O)N2CCSC2C(=O)O[C@@H](Cc2c(Cl)cncc2Cl)c2ccc(OC(F)F)c(OCC3CC3)c2)c1. The Morgan fingerprint density at radius 3 is 2.43 bits per heavy atom. The highest BCUT2D eigenvalue weighted by Crippen LogP contribution is 2.39. The van der Waals surface area contributed by atoms with Gasteiger partial charge in [0, 0.05) is 31.1 Å². The fraction of sp³-hybridized carbons (Fsp3) is 0.379. The lowest BCUT2D eigenvalue weighted by Gasteiger charge is -2.26. The van der Waals surface area contributed by atoms with Crippen molar-refractivity contribution in [3.05, 3.63) is 76.0 Å². The van der Waals surface area contributed by atoms with Crippen LogP contribution in [0.3, 0.4) is 0 Å². The van der Waals surface area contributed by atoms with Crippen molar-refractivity contribution in [2.24, 2.45) is 5.92 Å². The van der Waals surface area contributed by atoms with Gasteiger partial charge in [-0.15, -0.1) is 11.8 Å². The predicted octanol–water partition coefficient (Wildman–Crippen LogP) is 5.28. The Hall–Kier alpha value is -2.73. The van der Waals surface area contributed by atoms with Gasteiger partial charge in [0.2, 0.25) is 20.0 Å². The third-order valence-corrected chi connectivity index (χ3v) is 12.6. The number of thioether (sulfide) groups is 1. The Bertz CT molecular complexity index is 1830. The van der Waals surface area contributed by atoms with Crippen LogP contribution in [-0.4, -0.2) is 70.0 Å². The van der Waals surface area contributed by atoms with Gasteiger partial charge in [0.25, 0.3) is 0 Å². The quantitative estimate of drug-likeness (QED) is 0.217. The third kappa shape index (κ3) is 8.47. The van der Waals surface area contributed by atoms with Crippen LogP contribution >= 0.6 is 35.0 Å². The standard InChI is InChI=1S/C29H29Cl2F2N3O8S3/c1-34-46(38,39)19-3-2-4-20(12-19)47(40,41)36-9-10-45-27(36)28(37)43-25(13-21-22(30)14-35-15-23(21)31)18-7-8-24(44-29(32)33)26(11-18)42-16-17-5-6-17/h2-4,7-8,11-12,14-15,17,25,27,29,34H,5-6,9-10,13,16H2,1H3/t25-,27?/m0/s1. The molecule has 0 bridgehead atoms. The van der Waals surface area contributed by atoms with Gasteiger partial charge in [-0.3, -0.25) is 4.98 Å². The average molecular weight is 753 g/mol. The summed E-state index contributed by atoms with van der Waals surface area (Å²) in [5.41, 5.74) is 0.692. The first-order valence-corrected chi connectivity index (χ1v) is 18.9. The Kier molecular flexibility index (Phi) is 11.2. The van der Waals surface area contributed by atoms with E-state index in [9.17, 15) is 30.4 Å². The summed E-state index contributed by atoms with van der Waals surface area (Å²) in [5.74, 6) is -0.583. The number of rotatable bonds is 14. The van der Waals surface area contributed by atoms with E-state index in [0.29, 0.717) is 11.1 Å². The summed E-state index contributed by atoms with van der Waals surface area (Å²) in [6.45, 7) is -2.89. The maximum Gasteiger partial charge on any atom is 0.387 e. The van der Waals surface area contributed by atoms with E-state index in [0.717, 1.165) is 35.0 Å². The van der Waals surface area contributed by atoms with Crippen molar-refractivity contribution in [3.63, 3.8) is 0 Å². The number of benzene rings is 2. The molecular weight excluding hydrogens is 723 g/mol. The number of carbonyl (C=O) groups excluding carboxylic acids is 1. The van der Waals surface area contributed by atoms with Gasteiger partial charge in [0.05, 0.1) is 26.4 Å². The van der Waals surface area contributed by atoms with E-state index in [1.54, 1.807) is 0 Å². The van der Waals surface area contributed by atoms with Crippen LogP contribution in [0, 0.1) is 5.92 Å². The molecule has 3 aromatic rings. The van der Waals surface area contributed by atoms with Gasteiger partial charge in [-0.2, -0.15) is 13.1 Å². The number of hydrogen-bond donors (Lipinski definition) is 1. The topological polar surface area (TPSA) is 141 Å². The summed E-state index contributed by atoms with van der Waals surface area (Å²) in [6.07, 6.45) is 3.37. The molecular formula is C29H29Cl2F2N3O8S3. The molecule has 11 nitrogen and oxygen atoms in total. The van der Waals surface area contributed by atoms with Gasteiger partial charge in [0.1, 0.15) is 6.10 Å². The Balaban J connectivity index is 1.47. The molecule has 0 spiro atoms. The lowest BCUT2D eigenvalue weighted by atomic mass is 10.0. The molecule has 2 aliphatic rings. The number of ether oxygens (including phenoxy) is 3. The van der Waals surface area contributed by atoms with Crippen molar-refractivity contribution in [2.75, 3.05) is 26.0 Å². The zero-order valence-corrected chi connectivity index (χ0v) is 28.6. The molecule has 254 valence electrons. The number of alkyl halides is 2. The summed E-state index contributed by atoms with van der Waals surface area (Å²) in [6, 6.07) is 8.89. The van der Waals surface area contributed by atoms with E-state index in [2.05, 4.69) is 14.4 Å². The van der Waals surface area contributed by atoms with Gasteiger partial charge in [-0.25, -0.2) is 26.4 Å². The van der Waals surface area contributed by atoms with E-state index in [1.165, 1.54) is 55.8 Å². The molecule has 1 saturated heterocycles. The van der Waals surface area contributed by atoms with Gasteiger partial charge in [0.15, 0.2) is 16.9 Å². The maximum atomic E-state index is 13.8. The largest absolute Gasteiger partial charge is 0.489 e. The minimum atomic E-state index is -4.37. The summed E-state index contributed by atoms with van der Waals surface area (Å²) >= 11 is 13.8. The summed E-state index contributed by atoms with van der Waals surface area (Å²) in [4.78, 5) is 17.1. The molecule has 2 aromatic carbocycles. The minimum Gasteiger partial charge on any atom is -0.489 e. The molecule has 2 heterocycles. The van der Waals surface area contributed by atoms with Crippen molar-refractivity contribution in [2.45, 2.75) is 47.1 Å². The first kappa shape index (κ1) is 35.6. The number of nitrogens with one attached hydrogen (secondary N) is 1. The van der Waals surface area contributed by atoms with Gasteiger partial charge < -0.3 is 14.2 Å². The maximum absolute atomic E-state index is 13.8. The van der Waals surface area contributed by atoms with Crippen molar-refractivity contribution in [3.8, 4) is 11.5 Å². The fourth-order valence-corrected chi connectivity index (χ4v) is 9.17. The Labute approximate surface area is 285 Å². The average Bonchev–Trinajstić information content (AvgIpc) is 3.73. The number of hydrogen-bond acceptors (Lipinski definition) is 10. The lowest BCUT2D eigenvalue weighted by Crippen LogP contribution is -2.40. The first-order valence-electron chi connectivity index (χ1n) is 14.2. The van der Waals surface area contributed by atoms with Crippen molar-refractivity contribution in [1.29, 1.82) is 0 Å². The highest BCUT2D eigenvalue weighted by Gasteiger charge is 2.42. The number of sulfonamides is 2. The Morgan fingerprint density at radius 1 is 1.06 bits per heavy atom.